The summed E-state index contributed by atoms with van der Waals surface area (Å²) in [7, 11) is 0. The molecule has 0 aromatic rings. The predicted molar refractivity (Wildman–Crippen MR) is 32.9 cm³/mol. The topological polar surface area (TPSA) is 24.7 Å². The fraction of sp³-hybridized carbons (Fsp3) is 0.200. The minimum Gasteiger partial charge on any atom is -0.253 e. The molecule has 0 spiro atoms. The van der Waals surface area contributed by atoms with Crippen molar-refractivity contribution in [2.45, 2.75) is 6.92 Å². The Labute approximate surface area is 43.3 Å². The largest absolute Gasteiger partial charge is 0.253 e. The average molecular weight is 96.1 g/mol. The zero-order valence-corrected chi connectivity index (χ0v) is 4.39. The molecule has 0 unspecified atom stereocenters. The Hall–Kier alpha value is -0.920. The lowest BCUT2D eigenvalue weighted by atomic mass is 10.6. The van der Waals surface area contributed by atoms with Gasteiger partial charge in [-0.25, -0.2) is 4.99 Å². The van der Waals surface area contributed by atoms with Crippen molar-refractivity contribution in [2.75, 3.05) is 0 Å². The summed E-state index contributed by atoms with van der Waals surface area (Å²) in [5.74, 6) is 0. The second-order valence-corrected chi connectivity index (χ2v) is 1.16. The second kappa shape index (κ2) is 3.28. The molecular weight excluding hydrogens is 88.1 g/mol. The average Bonchev–Trinajstić information content (AvgIpc) is 1.61. The number of hydrogen-bond donors (Lipinski definition) is 0. The van der Waals surface area contributed by atoms with Gasteiger partial charge in [0.25, 0.3) is 0 Å². The molecule has 0 rings (SSSR count). The normalized spacial score (nSPS) is 9.29. The Kier molecular flexibility index (Phi) is 2.85. The summed E-state index contributed by atoms with van der Waals surface area (Å²) in [5.41, 5.74) is 0.743. The van der Waals surface area contributed by atoms with E-state index in [9.17, 15) is 0 Å². The van der Waals surface area contributed by atoms with E-state index in [1.54, 1.807) is 6.92 Å². The Balaban J connectivity index is 3.46. The first-order valence-electron chi connectivity index (χ1n) is 1.91. The summed E-state index contributed by atoms with van der Waals surface area (Å²) in [5, 5.41) is 0. The van der Waals surface area contributed by atoms with Gasteiger partial charge in [0.05, 0.1) is 0 Å². The molecule has 0 heterocycles. The first kappa shape index (κ1) is 6.08. The predicted octanol–water partition coefficient (Wildman–Crippen LogP) is 1.25. The van der Waals surface area contributed by atoms with Crippen LogP contribution in [0.3, 0.4) is 0 Å². The van der Waals surface area contributed by atoms with Gasteiger partial charge in [0.1, 0.15) is 6.34 Å². The summed E-state index contributed by atoms with van der Waals surface area (Å²) in [6.07, 6.45) is 1.36. The van der Waals surface area contributed by atoms with Crippen molar-refractivity contribution in [1.29, 1.82) is 0 Å². The summed E-state index contributed by atoms with van der Waals surface area (Å²) in [6, 6.07) is 0. The zero-order chi connectivity index (χ0) is 5.70. The number of rotatable bonds is 2. The van der Waals surface area contributed by atoms with Crippen molar-refractivity contribution in [3.8, 4) is 0 Å². The first-order chi connectivity index (χ1) is 3.27. The van der Waals surface area contributed by atoms with Crippen LogP contribution in [0, 0.1) is 0 Å². The Morgan fingerprint density at radius 1 is 1.71 bits per heavy atom. The van der Waals surface area contributed by atoms with E-state index in [0.717, 1.165) is 5.70 Å². The molecule has 0 aromatic heterocycles. The lowest BCUT2D eigenvalue weighted by Gasteiger charge is -1.77. The van der Waals surface area contributed by atoms with Crippen molar-refractivity contribution in [3.63, 3.8) is 0 Å². The second-order valence-electron chi connectivity index (χ2n) is 1.16. The third-order valence-corrected chi connectivity index (χ3v) is 0.360. The summed E-state index contributed by atoms with van der Waals surface area (Å²) >= 11 is 0. The van der Waals surface area contributed by atoms with E-state index >= 15 is 0 Å². The molecule has 0 N–H and O–H groups in total. The van der Waals surface area contributed by atoms with Gasteiger partial charge in [0.2, 0.25) is 0 Å². The van der Waals surface area contributed by atoms with Gasteiger partial charge in [-0.1, -0.05) is 6.58 Å². The van der Waals surface area contributed by atoms with E-state index in [1.165, 1.54) is 6.34 Å². The lowest BCUT2D eigenvalue weighted by Crippen LogP contribution is -1.63. The monoisotopic (exact) mass is 96.1 g/mol. The van der Waals surface area contributed by atoms with Crippen molar-refractivity contribution >= 4 is 13.1 Å². The molecule has 2 heteroatoms. The molecule has 0 saturated carbocycles. The standard InChI is InChI=1S/C5H8N2/c1-5(2)7-4-6-3/h4H,1,3H2,2H3. The van der Waals surface area contributed by atoms with Crippen LogP contribution in [0.15, 0.2) is 22.3 Å². The van der Waals surface area contributed by atoms with Crippen molar-refractivity contribution in [1.82, 2.24) is 0 Å². The molecule has 0 saturated heterocycles. The van der Waals surface area contributed by atoms with Crippen molar-refractivity contribution in [2.24, 2.45) is 9.98 Å². The Morgan fingerprint density at radius 2 is 2.29 bits per heavy atom. The van der Waals surface area contributed by atoms with Crippen LogP contribution in [-0.4, -0.2) is 13.1 Å². The fourth-order valence-corrected chi connectivity index (χ4v) is 0.139. The molecule has 0 aliphatic rings. The van der Waals surface area contributed by atoms with Crippen LogP contribution in [-0.2, 0) is 0 Å². The quantitative estimate of drug-likeness (QED) is 0.365. The Bertz CT molecular complexity index is 103. The van der Waals surface area contributed by atoms with E-state index < -0.39 is 0 Å². The first-order valence-corrected chi connectivity index (χ1v) is 1.91. The molecule has 0 aliphatic carbocycles. The molecule has 0 bridgehead atoms. The highest BCUT2D eigenvalue weighted by Crippen LogP contribution is 1.83. The van der Waals surface area contributed by atoms with E-state index in [1.807, 2.05) is 0 Å². The molecule has 0 fully saturated rings. The Morgan fingerprint density at radius 3 is 2.43 bits per heavy atom. The molecule has 0 aliphatic heterocycles. The van der Waals surface area contributed by atoms with Gasteiger partial charge in [-0.3, -0.25) is 4.99 Å². The van der Waals surface area contributed by atoms with Crippen LogP contribution in [0.1, 0.15) is 6.92 Å². The van der Waals surface area contributed by atoms with Crippen LogP contribution < -0.4 is 0 Å². The molecule has 38 valence electrons. The maximum absolute atomic E-state index is 3.69. The van der Waals surface area contributed by atoms with Crippen LogP contribution >= 0.6 is 0 Å². The van der Waals surface area contributed by atoms with E-state index in [2.05, 4.69) is 23.3 Å². The van der Waals surface area contributed by atoms with Crippen LogP contribution in [0.25, 0.3) is 0 Å². The van der Waals surface area contributed by atoms with Gasteiger partial charge in [-0.05, 0) is 13.6 Å². The van der Waals surface area contributed by atoms with Gasteiger partial charge >= 0.3 is 0 Å². The zero-order valence-electron chi connectivity index (χ0n) is 4.39. The minimum absolute atomic E-state index is 0.743. The summed E-state index contributed by atoms with van der Waals surface area (Å²) in [6.45, 7) is 8.49. The van der Waals surface area contributed by atoms with E-state index in [4.69, 9.17) is 0 Å². The molecule has 0 aromatic carbocycles. The van der Waals surface area contributed by atoms with Gasteiger partial charge in [0.15, 0.2) is 0 Å². The van der Waals surface area contributed by atoms with E-state index in [-0.39, 0.29) is 0 Å². The van der Waals surface area contributed by atoms with Gasteiger partial charge < -0.3 is 0 Å². The maximum atomic E-state index is 3.69. The highest BCUT2D eigenvalue weighted by Gasteiger charge is 1.66. The summed E-state index contributed by atoms with van der Waals surface area (Å²) < 4.78 is 0. The van der Waals surface area contributed by atoms with Crippen LogP contribution in [0.4, 0.5) is 0 Å². The highest BCUT2D eigenvalue weighted by atomic mass is 14.8. The molecule has 0 amide bonds. The maximum Gasteiger partial charge on any atom is 0.114 e. The molecule has 7 heavy (non-hydrogen) atoms. The molecule has 0 radical (unpaired) electrons. The van der Waals surface area contributed by atoms with Crippen molar-refractivity contribution in [3.05, 3.63) is 12.3 Å². The SMILES string of the molecule is C=NC=NC(=C)C. The smallest absolute Gasteiger partial charge is 0.114 e. The third-order valence-electron chi connectivity index (χ3n) is 0.360. The minimum atomic E-state index is 0.743. The van der Waals surface area contributed by atoms with Gasteiger partial charge in [-0.15, -0.1) is 0 Å². The molecule has 2 nitrogen and oxygen atoms in total. The van der Waals surface area contributed by atoms with Crippen LogP contribution in [0.5, 0.6) is 0 Å². The van der Waals surface area contributed by atoms with Crippen LogP contribution in [0.2, 0.25) is 0 Å². The van der Waals surface area contributed by atoms with Crippen molar-refractivity contribution < 1.29 is 0 Å². The highest BCUT2D eigenvalue weighted by molar-refractivity contribution is 5.62. The number of nitrogens with zero attached hydrogens (tertiary/aromatic N) is 2. The molecular formula is C5H8N2. The number of hydrogen-bond acceptors (Lipinski definition) is 1. The lowest BCUT2D eigenvalue weighted by molar-refractivity contribution is 1.33. The number of allylic oxidation sites excluding steroid dienone is 1. The fourth-order valence-electron chi connectivity index (χ4n) is 0.139. The number of aliphatic imine (C=N–C) groups is 2. The molecule has 0 atom stereocenters. The third kappa shape index (κ3) is 5.08. The van der Waals surface area contributed by atoms with E-state index in [0.29, 0.717) is 0 Å². The van der Waals surface area contributed by atoms with Gasteiger partial charge in [0, 0.05) is 5.70 Å². The van der Waals surface area contributed by atoms with Gasteiger partial charge in [-0.2, -0.15) is 0 Å². The summed E-state index contributed by atoms with van der Waals surface area (Å²) in [4.78, 5) is 7.07.